The van der Waals surface area contributed by atoms with Crippen LogP contribution in [0.15, 0.2) is 405 Å². The van der Waals surface area contributed by atoms with Crippen molar-refractivity contribution in [1.29, 1.82) is 0 Å². The van der Waals surface area contributed by atoms with Crippen LogP contribution in [0.25, 0.3) is 146 Å². The van der Waals surface area contributed by atoms with Crippen molar-refractivity contribution >= 4 is 28.5 Å². The van der Waals surface area contributed by atoms with E-state index in [9.17, 15) is 10.0 Å². The molecule has 8 nitrogen and oxygen atoms in total. The summed E-state index contributed by atoms with van der Waals surface area (Å²) in [5.41, 5.74) is 36.8. The van der Waals surface area contributed by atoms with Gasteiger partial charge in [-0.15, -0.1) is 0 Å². The first kappa shape index (κ1) is 71.3. The number of pyridine rings is 2. The predicted octanol–water partition coefficient (Wildman–Crippen LogP) is 24.2. The van der Waals surface area contributed by atoms with Crippen molar-refractivity contribution in [1.82, 2.24) is 29.9 Å². The largest absolute Gasteiger partial charge is 0.488 e. The van der Waals surface area contributed by atoms with Crippen LogP contribution in [0.4, 0.5) is 0 Å². The lowest BCUT2D eigenvalue weighted by Crippen LogP contribution is -2.31. The second-order valence-corrected chi connectivity index (χ2v) is 30.0. The Morgan fingerprint density at radius 2 is 0.496 bits per heavy atom. The lowest BCUT2D eigenvalue weighted by atomic mass is 9.70. The van der Waals surface area contributed by atoms with Gasteiger partial charge in [-0.25, -0.2) is 19.9 Å². The van der Waals surface area contributed by atoms with Gasteiger partial charge in [0.05, 0.1) is 33.6 Å². The van der Waals surface area contributed by atoms with Gasteiger partial charge in [0, 0.05) is 62.6 Å². The maximum absolute atomic E-state index is 9.73. The van der Waals surface area contributed by atoms with E-state index < -0.39 is 7.12 Å². The van der Waals surface area contributed by atoms with Crippen molar-refractivity contribution in [3.63, 3.8) is 0 Å². The van der Waals surface area contributed by atoms with Gasteiger partial charge in [0.1, 0.15) is 0 Å². The number of rotatable bonds is 10. The number of halogens is 1. The molecule has 4 aliphatic rings. The van der Waals surface area contributed by atoms with Gasteiger partial charge in [0.2, 0.25) is 0 Å². The molecule has 4 aromatic heterocycles. The Hall–Kier alpha value is -14.0. The molecular formula is C105H72BBrN6O2. The van der Waals surface area contributed by atoms with Gasteiger partial charge >= 0.3 is 7.12 Å². The van der Waals surface area contributed by atoms with Crippen LogP contribution >= 0.6 is 15.9 Å². The molecule has 2 spiro atoms. The standard InChI is InChI=1S/C52H33N3.C27H18BrN3.C25H17BO2.CH4/c1-2-11-38(12-3-1)51-54-49(32-50(55-51)37-26-22-35(23-27-37)40-13-10-30-53-33-40)36-24-20-34(21-25-36)39-28-29-48-44(31-39)43-16-6-9-19-47(43)52(48)45-17-7-4-14-41(45)42-15-5-8-18-46(42)52;28-24-14-12-21(13-15-24)26-17-25(30-27(31-26)22-5-2-1-3-6-22)20-10-8-19(9-11-20)23-7-4-16-29-18-23;27-26(28)16-13-14-24-20(15-16)19-9-3-6-12-23(19)25(24)21-10-4-1-7-17(21)18-8-2-5-11-22(18)25;/h1-33H;1-18H;1-15,27-28H;1H4. The van der Waals surface area contributed by atoms with Gasteiger partial charge in [-0.2, -0.15) is 0 Å². The molecule has 0 unspecified atom stereocenters. The Morgan fingerprint density at radius 3 is 0.835 bits per heavy atom. The second kappa shape index (κ2) is 29.9. The summed E-state index contributed by atoms with van der Waals surface area (Å²) in [6.07, 6.45) is 7.35. The first-order valence-electron chi connectivity index (χ1n) is 38.3. The van der Waals surface area contributed by atoms with Crippen LogP contribution in [0.3, 0.4) is 0 Å². The number of hydrogen-bond donors (Lipinski definition) is 2. The van der Waals surface area contributed by atoms with Gasteiger partial charge in [-0.05, 0) is 170 Å². The molecule has 0 radical (unpaired) electrons. The molecule has 0 aliphatic heterocycles. The van der Waals surface area contributed by atoms with Gasteiger partial charge in [0.15, 0.2) is 11.6 Å². The highest BCUT2D eigenvalue weighted by Crippen LogP contribution is 2.64. The minimum absolute atomic E-state index is 0. The summed E-state index contributed by atoms with van der Waals surface area (Å²) >= 11 is 3.51. The predicted molar refractivity (Wildman–Crippen MR) is 472 cm³/mol. The molecule has 0 amide bonds. The Labute approximate surface area is 677 Å². The van der Waals surface area contributed by atoms with E-state index in [1.165, 1.54) is 89.0 Å². The molecule has 10 heteroatoms. The third-order valence-corrected chi connectivity index (χ3v) is 23.4. The van der Waals surface area contributed by atoms with Crippen LogP contribution in [0, 0.1) is 0 Å². The SMILES string of the molecule is Brc1ccc(-c2cc(-c3ccc(-c4cccnc4)cc3)nc(-c3ccccc3)n2)cc1.C.OB(O)c1ccc2c(c1)-c1ccccc1C21c2ccccc2-c2ccccc21.c1ccc(-c2nc(-c3ccc(-c4cccnc4)cc3)cc(-c3ccc(-c4ccc5c(c4)-c4ccccc4C54c5ccccc5-c5ccccc54)cc3)n2)cc1. The molecule has 0 bridgehead atoms. The van der Waals surface area contributed by atoms with E-state index >= 15 is 0 Å². The zero-order chi connectivity index (χ0) is 76.3. The summed E-state index contributed by atoms with van der Waals surface area (Å²) in [6, 6.07) is 132. The minimum atomic E-state index is -1.47. The smallest absolute Gasteiger partial charge is 0.423 e. The Kier molecular flexibility index (Phi) is 18.6. The molecule has 0 saturated heterocycles. The molecular weight excluding hydrogens is 1470 g/mol. The first-order chi connectivity index (χ1) is 56.2. The zero-order valence-corrected chi connectivity index (χ0v) is 63.2. The monoisotopic (exact) mass is 1540 g/mol. The molecule has 0 atom stereocenters. The summed E-state index contributed by atoms with van der Waals surface area (Å²) in [5.74, 6) is 1.42. The van der Waals surface area contributed by atoms with Crippen molar-refractivity contribution in [3.8, 4) is 146 Å². The summed E-state index contributed by atoms with van der Waals surface area (Å²) in [4.78, 5) is 28.4. The first-order valence-corrected chi connectivity index (χ1v) is 39.0. The van der Waals surface area contributed by atoms with E-state index in [2.05, 4.69) is 317 Å². The molecule has 0 fully saturated rings. The Morgan fingerprint density at radius 1 is 0.226 bits per heavy atom. The van der Waals surface area contributed by atoms with Gasteiger partial charge < -0.3 is 10.0 Å². The Bertz CT molecular complexity index is 6600. The van der Waals surface area contributed by atoms with Crippen LogP contribution in [0.5, 0.6) is 0 Å². The maximum Gasteiger partial charge on any atom is 0.488 e. The fourth-order valence-corrected chi connectivity index (χ4v) is 17.9. The van der Waals surface area contributed by atoms with Gasteiger partial charge in [-0.3, -0.25) is 9.97 Å². The van der Waals surface area contributed by atoms with Crippen molar-refractivity contribution in [2.24, 2.45) is 0 Å². The number of fused-ring (bicyclic) bond motifs is 20. The van der Waals surface area contributed by atoms with Gasteiger partial charge in [-0.1, -0.05) is 357 Å². The fraction of sp³-hybridized carbons (Fsp3) is 0.0286. The maximum atomic E-state index is 9.73. The number of aromatic nitrogens is 6. The summed E-state index contributed by atoms with van der Waals surface area (Å²) in [6.45, 7) is 0. The molecule has 14 aromatic carbocycles. The minimum Gasteiger partial charge on any atom is -0.423 e. The normalized spacial score (nSPS) is 12.5. The van der Waals surface area contributed by atoms with Crippen molar-refractivity contribution < 1.29 is 10.0 Å². The van der Waals surface area contributed by atoms with Crippen molar-refractivity contribution in [2.45, 2.75) is 18.3 Å². The average molecular weight is 1540 g/mol. The highest BCUT2D eigenvalue weighted by molar-refractivity contribution is 9.10. The highest BCUT2D eigenvalue weighted by Gasteiger charge is 2.53. The summed E-state index contributed by atoms with van der Waals surface area (Å²) in [7, 11) is -1.47. The molecule has 4 heterocycles. The highest BCUT2D eigenvalue weighted by atomic mass is 79.9. The number of nitrogens with zero attached hydrogens (tertiary/aromatic N) is 6. The van der Waals surface area contributed by atoms with Crippen LogP contribution < -0.4 is 5.46 Å². The van der Waals surface area contributed by atoms with Crippen LogP contribution in [0.1, 0.15) is 51.9 Å². The molecule has 2 N–H and O–H groups in total. The number of hydrogen-bond acceptors (Lipinski definition) is 8. The molecule has 0 saturated carbocycles. The fourth-order valence-electron chi connectivity index (χ4n) is 17.7. The zero-order valence-electron chi connectivity index (χ0n) is 61.6. The second-order valence-electron chi connectivity index (χ2n) is 29.1. The lowest BCUT2D eigenvalue weighted by Gasteiger charge is -2.30. The van der Waals surface area contributed by atoms with Crippen LogP contribution in [0.2, 0.25) is 0 Å². The van der Waals surface area contributed by atoms with E-state index in [1.54, 1.807) is 12.4 Å². The molecule has 22 rings (SSSR count). The third kappa shape index (κ3) is 12.4. The van der Waals surface area contributed by atoms with Crippen LogP contribution in [-0.2, 0) is 10.8 Å². The van der Waals surface area contributed by atoms with Crippen LogP contribution in [-0.4, -0.2) is 47.1 Å². The van der Waals surface area contributed by atoms with E-state index in [-0.39, 0.29) is 18.3 Å². The van der Waals surface area contributed by atoms with E-state index in [0.717, 1.165) is 94.0 Å². The molecule has 544 valence electrons. The quantitative estimate of drug-likeness (QED) is 0.130. The topological polar surface area (TPSA) is 118 Å². The van der Waals surface area contributed by atoms with E-state index in [4.69, 9.17) is 19.9 Å². The van der Waals surface area contributed by atoms with Crippen molar-refractivity contribution in [3.05, 3.63) is 450 Å². The Balaban J connectivity index is 0.000000125. The molecule has 4 aliphatic carbocycles. The van der Waals surface area contributed by atoms with E-state index in [0.29, 0.717) is 17.1 Å². The summed E-state index contributed by atoms with van der Waals surface area (Å²) in [5, 5.41) is 19.5. The van der Waals surface area contributed by atoms with Crippen molar-refractivity contribution in [2.75, 3.05) is 0 Å². The summed E-state index contributed by atoms with van der Waals surface area (Å²) < 4.78 is 1.04. The molecule has 18 aromatic rings. The molecule has 115 heavy (non-hydrogen) atoms. The third-order valence-electron chi connectivity index (χ3n) is 22.8. The van der Waals surface area contributed by atoms with E-state index in [1.807, 2.05) is 97.3 Å². The lowest BCUT2D eigenvalue weighted by molar-refractivity contribution is 0.426. The average Bonchev–Trinajstić information content (AvgIpc) is 1.52. The number of benzene rings is 14. The van der Waals surface area contributed by atoms with Gasteiger partial charge in [0.25, 0.3) is 0 Å².